The van der Waals surface area contributed by atoms with Gasteiger partial charge in [0.15, 0.2) is 0 Å². The zero-order valence-electron chi connectivity index (χ0n) is 7.98. The Kier molecular flexibility index (Phi) is 5.12. The number of nitrogens with two attached hydrogens (primary N) is 1. The summed E-state index contributed by atoms with van der Waals surface area (Å²) in [6.07, 6.45) is -6.81. The van der Waals surface area contributed by atoms with Crippen LogP contribution in [0.3, 0.4) is 0 Å². The molecule has 15 heavy (non-hydrogen) atoms. The van der Waals surface area contributed by atoms with Crippen LogP contribution in [0.5, 0.6) is 0 Å². The van der Waals surface area contributed by atoms with Crippen LogP contribution in [0.15, 0.2) is 0 Å². The molecule has 0 bridgehead atoms. The van der Waals surface area contributed by atoms with Crippen LogP contribution in [0.4, 0.5) is 22.0 Å². The molecule has 8 heteroatoms. The van der Waals surface area contributed by atoms with Gasteiger partial charge >= 0.3 is 12.1 Å². The van der Waals surface area contributed by atoms with E-state index in [1.165, 1.54) is 0 Å². The van der Waals surface area contributed by atoms with Gasteiger partial charge in [-0.2, -0.15) is 22.0 Å². The van der Waals surface area contributed by atoms with Gasteiger partial charge in [-0.05, 0) is 6.42 Å². The van der Waals surface area contributed by atoms with Gasteiger partial charge in [-0.25, -0.2) is 0 Å². The van der Waals surface area contributed by atoms with Crippen molar-refractivity contribution in [1.29, 1.82) is 0 Å². The Hall–Kier alpha value is -0.240. The fourth-order valence-electron chi connectivity index (χ4n) is 0.708. The van der Waals surface area contributed by atoms with Gasteiger partial charge in [-0.15, -0.1) is 0 Å². The number of hydrogen-bond donors (Lipinski definition) is 1. The molecule has 0 aromatic rings. The van der Waals surface area contributed by atoms with Gasteiger partial charge in [-0.3, -0.25) is 4.21 Å². The first-order chi connectivity index (χ1) is 6.62. The average Bonchev–Trinajstić information content (AvgIpc) is 2.11. The third-order valence-electron chi connectivity index (χ3n) is 1.77. The number of halogens is 5. The van der Waals surface area contributed by atoms with Crippen molar-refractivity contribution in [2.75, 3.05) is 5.75 Å². The summed E-state index contributed by atoms with van der Waals surface area (Å²) in [6.45, 7) is 1.57. The molecule has 0 saturated heterocycles. The van der Waals surface area contributed by atoms with Gasteiger partial charge in [0.05, 0.1) is 5.37 Å². The Bertz CT molecular complexity index is 230. The van der Waals surface area contributed by atoms with Crippen LogP contribution in [0.1, 0.15) is 19.8 Å². The van der Waals surface area contributed by atoms with E-state index in [2.05, 4.69) is 0 Å². The summed E-state index contributed by atoms with van der Waals surface area (Å²) in [4.78, 5) is 0. The van der Waals surface area contributed by atoms with Crippen molar-refractivity contribution >= 4 is 10.8 Å². The van der Waals surface area contributed by atoms with E-state index in [0.29, 0.717) is 0 Å². The van der Waals surface area contributed by atoms with Crippen LogP contribution in [0.25, 0.3) is 0 Å². The molecule has 0 fully saturated rings. The highest BCUT2D eigenvalue weighted by atomic mass is 32.2. The minimum atomic E-state index is -5.59. The Morgan fingerprint density at radius 3 is 2.07 bits per heavy atom. The molecule has 2 nitrogen and oxygen atoms in total. The normalized spacial score (nSPS) is 17.5. The van der Waals surface area contributed by atoms with E-state index in [-0.39, 0.29) is 6.42 Å². The van der Waals surface area contributed by atoms with Crippen molar-refractivity contribution in [2.24, 2.45) is 5.73 Å². The Morgan fingerprint density at radius 2 is 1.73 bits per heavy atom. The average molecular weight is 253 g/mol. The smallest absolute Gasteiger partial charge is 0.317 e. The topological polar surface area (TPSA) is 43.1 Å². The molecule has 0 aromatic heterocycles. The molecule has 0 aliphatic rings. The third kappa shape index (κ3) is 4.42. The lowest BCUT2D eigenvalue weighted by Crippen LogP contribution is -2.38. The van der Waals surface area contributed by atoms with Crippen molar-refractivity contribution in [1.82, 2.24) is 0 Å². The van der Waals surface area contributed by atoms with Crippen molar-refractivity contribution in [3.63, 3.8) is 0 Å². The molecule has 0 amide bonds. The Labute approximate surface area is 86.5 Å². The maximum absolute atomic E-state index is 12.4. The van der Waals surface area contributed by atoms with Crippen LogP contribution in [-0.4, -0.2) is 27.4 Å². The van der Waals surface area contributed by atoms with Crippen LogP contribution in [0.2, 0.25) is 0 Å². The molecule has 0 saturated carbocycles. The van der Waals surface area contributed by atoms with Gasteiger partial charge in [0, 0.05) is 23.0 Å². The maximum Gasteiger partial charge on any atom is 0.453 e. The van der Waals surface area contributed by atoms with Gasteiger partial charge < -0.3 is 5.73 Å². The fraction of sp³-hybridized carbons (Fsp3) is 1.00. The zero-order valence-corrected chi connectivity index (χ0v) is 8.80. The first-order valence-corrected chi connectivity index (χ1v) is 5.57. The van der Waals surface area contributed by atoms with Crippen LogP contribution < -0.4 is 5.73 Å². The summed E-state index contributed by atoms with van der Waals surface area (Å²) >= 11 is 0. The van der Waals surface area contributed by atoms with Gasteiger partial charge in [-0.1, -0.05) is 6.92 Å². The van der Waals surface area contributed by atoms with E-state index in [1.807, 2.05) is 0 Å². The predicted molar refractivity (Wildman–Crippen MR) is 46.9 cm³/mol. The van der Waals surface area contributed by atoms with E-state index in [4.69, 9.17) is 5.73 Å². The molecule has 0 spiro atoms. The molecule has 0 heterocycles. The molecule has 0 rings (SSSR count). The first kappa shape index (κ1) is 14.8. The van der Waals surface area contributed by atoms with E-state index in [9.17, 15) is 26.2 Å². The molecule has 2 atom stereocenters. The molecule has 92 valence electrons. The lowest BCUT2D eigenvalue weighted by Gasteiger charge is -2.19. The summed E-state index contributed by atoms with van der Waals surface area (Å²) in [7, 11) is -1.85. The third-order valence-corrected chi connectivity index (χ3v) is 3.39. The number of hydrogen-bond acceptors (Lipinski definition) is 2. The highest BCUT2D eigenvalue weighted by Crippen LogP contribution is 2.38. The second-order valence-corrected chi connectivity index (χ2v) is 4.76. The van der Waals surface area contributed by atoms with E-state index >= 15 is 0 Å². The first-order valence-electron chi connectivity index (χ1n) is 4.19. The minimum Gasteiger partial charge on any atom is -0.317 e. The second-order valence-electron chi connectivity index (χ2n) is 2.98. The maximum atomic E-state index is 12.4. The lowest BCUT2D eigenvalue weighted by atomic mass is 10.2. The number of alkyl halides is 5. The summed E-state index contributed by atoms with van der Waals surface area (Å²) in [5.41, 5.74) is 5.23. The monoisotopic (exact) mass is 253 g/mol. The van der Waals surface area contributed by atoms with E-state index in [0.717, 1.165) is 0 Å². The van der Waals surface area contributed by atoms with Crippen molar-refractivity contribution in [2.45, 2.75) is 37.2 Å². The van der Waals surface area contributed by atoms with Crippen LogP contribution in [-0.2, 0) is 10.8 Å². The van der Waals surface area contributed by atoms with Gasteiger partial charge in [0.2, 0.25) is 0 Å². The van der Waals surface area contributed by atoms with Crippen LogP contribution >= 0.6 is 0 Å². The Balaban J connectivity index is 4.22. The quantitative estimate of drug-likeness (QED) is 0.762. The van der Waals surface area contributed by atoms with Gasteiger partial charge in [0.1, 0.15) is 0 Å². The zero-order chi connectivity index (χ0) is 12.3. The minimum absolute atomic E-state index is 0.268. The molecule has 0 aliphatic heterocycles. The molecule has 0 radical (unpaired) electrons. The number of rotatable bonds is 5. The fourth-order valence-corrected chi connectivity index (χ4v) is 1.84. The predicted octanol–water partition coefficient (Wildman–Crippen LogP) is 2.02. The lowest BCUT2D eigenvalue weighted by molar-refractivity contribution is -0.282. The van der Waals surface area contributed by atoms with E-state index < -0.39 is 40.4 Å². The van der Waals surface area contributed by atoms with Crippen LogP contribution in [0, 0.1) is 0 Å². The van der Waals surface area contributed by atoms with Gasteiger partial charge in [0.25, 0.3) is 0 Å². The molecule has 2 N–H and O–H groups in total. The standard InChI is InChI=1S/C7H12F5NOS/c1-2-5(13)15(14)4-3-6(8,9)7(10,11)12/h5H,2-4,13H2,1H3. The summed E-state index contributed by atoms with van der Waals surface area (Å²) < 4.78 is 70.8. The SMILES string of the molecule is CCC(N)S(=O)CCC(F)(F)C(F)(F)F. The summed E-state index contributed by atoms with van der Waals surface area (Å²) in [5, 5.41) is -0.853. The van der Waals surface area contributed by atoms with E-state index in [1.54, 1.807) is 6.92 Å². The van der Waals surface area contributed by atoms with Crippen molar-refractivity contribution in [3.8, 4) is 0 Å². The highest BCUT2D eigenvalue weighted by Gasteiger charge is 2.56. The summed E-state index contributed by atoms with van der Waals surface area (Å²) in [6, 6.07) is 0. The molecular weight excluding hydrogens is 241 g/mol. The molecule has 2 unspecified atom stereocenters. The summed E-state index contributed by atoms with van der Waals surface area (Å²) in [5.74, 6) is -5.54. The van der Waals surface area contributed by atoms with Crippen molar-refractivity contribution < 1.29 is 26.2 Å². The molecular formula is C7H12F5NOS. The molecule has 0 aromatic carbocycles. The highest BCUT2D eigenvalue weighted by molar-refractivity contribution is 7.85. The van der Waals surface area contributed by atoms with Crippen molar-refractivity contribution in [3.05, 3.63) is 0 Å². The second kappa shape index (κ2) is 5.20. The Morgan fingerprint density at radius 1 is 1.27 bits per heavy atom. The molecule has 0 aliphatic carbocycles. The largest absolute Gasteiger partial charge is 0.453 e.